The fourth-order valence-electron chi connectivity index (χ4n) is 2.82. The molecule has 0 radical (unpaired) electrons. The number of nitrogens with one attached hydrogen (secondary N) is 1. The van der Waals surface area contributed by atoms with E-state index in [1.807, 2.05) is 30.3 Å². The Morgan fingerprint density at radius 1 is 0.917 bits per heavy atom. The average molecular weight is 317 g/mol. The lowest BCUT2D eigenvalue weighted by Gasteiger charge is -2.08. The number of fused-ring (bicyclic) bond motifs is 1. The van der Waals surface area contributed by atoms with Crippen LogP contribution in [0.1, 0.15) is 37.3 Å². The van der Waals surface area contributed by atoms with E-state index in [0.717, 1.165) is 17.5 Å². The van der Waals surface area contributed by atoms with Crippen LogP contribution in [0.5, 0.6) is 0 Å². The first-order valence-electron chi connectivity index (χ1n) is 8.49. The second kappa shape index (κ2) is 7.31. The van der Waals surface area contributed by atoms with Crippen molar-refractivity contribution in [3.8, 4) is 0 Å². The highest BCUT2D eigenvalue weighted by Gasteiger charge is 2.05. The number of carbonyl (C=O) groups excluding carboxylic acids is 1. The Morgan fingerprint density at radius 2 is 1.62 bits per heavy atom. The molecule has 0 unspecified atom stereocenters. The molecule has 2 nitrogen and oxygen atoms in total. The lowest BCUT2D eigenvalue weighted by Crippen LogP contribution is -2.12. The van der Waals surface area contributed by atoms with Crippen LogP contribution in [0, 0.1) is 0 Å². The van der Waals surface area contributed by atoms with Crippen molar-refractivity contribution in [1.82, 2.24) is 0 Å². The van der Waals surface area contributed by atoms with Crippen molar-refractivity contribution in [2.24, 2.45) is 0 Å². The van der Waals surface area contributed by atoms with Crippen molar-refractivity contribution in [1.29, 1.82) is 0 Å². The quantitative estimate of drug-likeness (QED) is 0.658. The van der Waals surface area contributed by atoms with Gasteiger partial charge < -0.3 is 5.32 Å². The Labute approximate surface area is 143 Å². The van der Waals surface area contributed by atoms with Crippen LogP contribution in [0.25, 0.3) is 10.8 Å². The van der Waals surface area contributed by atoms with Crippen molar-refractivity contribution in [3.05, 3.63) is 77.9 Å². The molecule has 0 saturated heterocycles. The highest BCUT2D eigenvalue weighted by Crippen LogP contribution is 2.19. The standard InChI is InChI=1S/C22H23NO/c1-16(2)18-10-7-17(8-11-18)9-14-22(24)23-21-13-12-19-5-3-4-6-20(19)15-21/h3-8,10-13,15-16H,9,14H2,1-2H3,(H,23,24). The van der Waals surface area contributed by atoms with Crippen LogP contribution in [-0.4, -0.2) is 5.91 Å². The number of carbonyl (C=O) groups is 1. The van der Waals surface area contributed by atoms with Gasteiger partial charge in [-0.2, -0.15) is 0 Å². The first-order valence-corrected chi connectivity index (χ1v) is 8.49. The summed E-state index contributed by atoms with van der Waals surface area (Å²) in [6.45, 7) is 4.37. The van der Waals surface area contributed by atoms with E-state index in [0.29, 0.717) is 12.3 Å². The average Bonchev–Trinajstić information content (AvgIpc) is 2.60. The normalized spacial score (nSPS) is 11.0. The predicted molar refractivity (Wildman–Crippen MR) is 101 cm³/mol. The fourth-order valence-corrected chi connectivity index (χ4v) is 2.82. The van der Waals surface area contributed by atoms with Crippen molar-refractivity contribution in [2.75, 3.05) is 5.32 Å². The van der Waals surface area contributed by atoms with Gasteiger partial charge in [0.15, 0.2) is 0 Å². The molecule has 0 fully saturated rings. The summed E-state index contributed by atoms with van der Waals surface area (Å²) in [6, 6.07) is 22.7. The van der Waals surface area contributed by atoms with Crippen LogP contribution in [0.3, 0.4) is 0 Å². The van der Waals surface area contributed by atoms with Gasteiger partial charge in [-0.15, -0.1) is 0 Å². The van der Waals surface area contributed by atoms with Crippen LogP contribution in [-0.2, 0) is 11.2 Å². The third-order valence-electron chi connectivity index (χ3n) is 4.32. The summed E-state index contributed by atoms with van der Waals surface area (Å²) in [5, 5.41) is 5.31. The molecule has 3 rings (SSSR count). The Morgan fingerprint density at radius 3 is 2.33 bits per heavy atom. The van der Waals surface area contributed by atoms with Crippen LogP contribution in [0.2, 0.25) is 0 Å². The molecule has 2 heteroatoms. The van der Waals surface area contributed by atoms with Gasteiger partial charge in [-0.05, 0) is 46.4 Å². The Balaban J connectivity index is 1.58. The molecule has 0 aromatic heterocycles. The van der Waals surface area contributed by atoms with Crippen LogP contribution in [0.15, 0.2) is 66.7 Å². The second-order valence-corrected chi connectivity index (χ2v) is 6.51. The molecule has 0 heterocycles. The molecule has 0 bridgehead atoms. The van der Waals surface area contributed by atoms with Gasteiger partial charge in [-0.3, -0.25) is 4.79 Å². The molecule has 0 aliphatic rings. The number of hydrogen-bond acceptors (Lipinski definition) is 1. The SMILES string of the molecule is CC(C)c1ccc(CCC(=O)Nc2ccc3ccccc3c2)cc1. The van der Waals surface area contributed by atoms with E-state index in [1.165, 1.54) is 16.5 Å². The van der Waals surface area contributed by atoms with E-state index in [-0.39, 0.29) is 5.91 Å². The third kappa shape index (κ3) is 4.02. The molecule has 3 aromatic carbocycles. The molecule has 122 valence electrons. The summed E-state index contributed by atoms with van der Waals surface area (Å²) >= 11 is 0. The first kappa shape index (κ1) is 16.3. The zero-order valence-electron chi connectivity index (χ0n) is 14.3. The Hall–Kier alpha value is -2.61. The Kier molecular flexibility index (Phi) is 4.95. The third-order valence-corrected chi connectivity index (χ3v) is 4.32. The summed E-state index contributed by atoms with van der Waals surface area (Å²) < 4.78 is 0. The van der Waals surface area contributed by atoms with Crippen molar-refractivity contribution < 1.29 is 4.79 Å². The van der Waals surface area contributed by atoms with Gasteiger partial charge >= 0.3 is 0 Å². The summed E-state index contributed by atoms with van der Waals surface area (Å²) in [5.41, 5.74) is 3.39. The number of anilines is 1. The molecule has 3 aromatic rings. The van der Waals surface area contributed by atoms with Gasteiger partial charge in [0.05, 0.1) is 0 Å². The van der Waals surface area contributed by atoms with E-state index in [4.69, 9.17) is 0 Å². The minimum Gasteiger partial charge on any atom is -0.326 e. The first-order chi connectivity index (χ1) is 11.6. The van der Waals surface area contributed by atoms with E-state index >= 15 is 0 Å². The summed E-state index contributed by atoms with van der Waals surface area (Å²) in [5.74, 6) is 0.591. The lowest BCUT2D eigenvalue weighted by atomic mass is 10.0. The van der Waals surface area contributed by atoms with Crippen molar-refractivity contribution in [3.63, 3.8) is 0 Å². The van der Waals surface area contributed by atoms with Crippen molar-refractivity contribution in [2.45, 2.75) is 32.6 Å². The summed E-state index contributed by atoms with van der Waals surface area (Å²) in [6.07, 6.45) is 1.26. The van der Waals surface area contributed by atoms with Crippen LogP contribution >= 0.6 is 0 Å². The van der Waals surface area contributed by atoms with Gasteiger partial charge in [0.25, 0.3) is 0 Å². The molecule has 24 heavy (non-hydrogen) atoms. The number of benzene rings is 3. The maximum Gasteiger partial charge on any atom is 0.224 e. The van der Waals surface area contributed by atoms with E-state index in [2.05, 4.69) is 55.6 Å². The molecular formula is C22H23NO. The summed E-state index contributed by atoms with van der Waals surface area (Å²) in [4.78, 5) is 12.2. The highest BCUT2D eigenvalue weighted by molar-refractivity contribution is 5.94. The van der Waals surface area contributed by atoms with Gasteiger partial charge in [0.2, 0.25) is 5.91 Å². The number of amides is 1. The van der Waals surface area contributed by atoms with Gasteiger partial charge in [-0.25, -0.2) is 0 Å². The van der Waals surface area contributed by atoms with Crippen molar-refractivity contribution >= 4 is 22.4 Å². The molecule has 0 atom stereocenters. The minimum atomic E-state index is 0.0539. The maximum absolute atomic E-state index is 12.2. The fraction of sp³-hybridized carbons (Fsp3) is 0.227. The second-order valence-electron chi connectivity index (χ2n) is 6.51. The van der Waals surface area contributed by atoms with Gasteiger partial charge in [0, 0.05) is 12.1 Å². The molecule has 0 aliphatic carbocycles. The maximum atomic E-state index is 12.2. The monoisotopic (exact) mass is 317 g/mol. The molecule has 0 aliphatic heterocycles. The molecule has 0 saturated carbocycles. The van der Waals surface area contributed by atoms with Gasteiger partial charge in [-0.1, -0.05) is 68.4 Å². The number of rotatable bonds is 5. The van der Waals surface area contributed by atoms with Crippen LogP contribution < -0.4 is 5.32 Å². The molecular weight excluding hydrogens is 294 g/mol. The molecule has 1 amide bonds. The molecule has 0 spiro atoms. The van der Waals surface area contributed by atoms with E-state index in [9.17, 15) is 4.79 Å². The highest BCUT2D eigenvalue weighted by atomic mass is 16.1. The van der Waals surface area contributed by atoms with E-state index < -0.39 is 0 Å². The topological polar surface area (TPSA) is 29.1 Å². The van der Waals surface area contributed by atoms with Crippen LogP contribution in [0.4, 0.5) is 5.69 Å². The minimum absolute atomic E-state index is 0.0539. The zero-order chi connectivity index (χ0) is 16.9. The largest absolute Gasteiger partial charge is 0.326 e. The van der Waals surface area contributed by atoms with Gasteiger partial charge in [0.1, 0.15) is 0 Å². The smallest absolute Gasteiger partial charge is 0.224 e. The molecule has 1 N–H and O–H groups in total. The number of hydrogen-bond donors (Lipinski definition) is 1. The predicted octanol–water partition coefficient (Wildman–Crippen LogP) is 5.53. The number of aryl methyl sites for hydroxylation is 1. The lowest BCUT2D eigenvalue weighted by molar-refractivity contribution is -0.116. The zero-order valence-corrected chi connectivity index (χ0v) is 14.3. The van der Waals surface area contributed by atoms with E-state index in [1.54, 1.807) is 0 Å². The Bertz CT molecular complexity index is 834. The summed E-state index contributed by atoms with van der Waals surface area (Å²) in [7, 11) is 0.